The van der Waals surface area contributed by atoms with Crippen molar-refractivity contribution < 1.29 is 9.53 Å². The second kappa shape index (κ2) is 4.66. The maximum Gasteiger partial charge on any atom is 0.239 e. The van der Waals surface area contributed by atoms with Gasteiger partial charge >= 0.3 is 0 Å². The Kier molecular flexibility index (Phi) is 3.28. The van der Waals surface area contributed by atoms with Crippen LogP contribution in [-0.2, 0) is 9.53 Å². The average molecular weight is 273 g/mol. The molecule has 4 aliphatic heterocycles. The van der Waals surface area contributed by atoms with Crippen LogP contribution in [0.1, 0.15) is 25.7 Å². The third-order valence-corrected chi connectivity index (χ3v) is 5.12. The summed E-state index contributed by atoms with van der Waals surface area (Å²) in [5.41, 5.74) is 0. The highest BCUT2D eigenvalue weighted by molar-refractivity contribution is 5.85. The minimum atomic E-state index is 0. The number of likely N-dealkylation sites (tertiary alicyclic amines) is 1. The average Bonchev–Trinajstić information content (AvgIpc) is 3.10. The first-order chi connectivity index (χ1) is 8.33. The van der Waals surface area contributed by atoms with Crippen LogP contribution in [0.25, 0.3) is 0 Å². The maximum atomic E-state index is 12.3. The van der Waals surface area contributed by atoms with Crippen molar-refractivity contribution in [2.45, 2.75) is 43.9 Å². The lowest BCUT2D eigenvalue weighted by molar-refractivity contribution is -0.132. The number of hydrogen-bond donors (Lipinski definition) is 1. The van der Waals surface area contributed by atoms with Gasteiger partial charge < -0.3 is 15.0 Å². The summed E-state index contributed by atoms with van der Waals surface area (Å²) < 4.78 is 5.94. The van der Waals surface area contributed by atoms with Crippen LogP contribution < -0.4 is 5.32 Å². The number of carbonyl (C=O) groups is 1. The molecule has 18 heavy (non-hydrogen) atoms. The molecule has 5 atom stereocenters. The lowest BCUT2D eigenvalue weighted by atomic mass is 9.82. The Morgan fingerprint density at radius 2 is 1.78 bits per heavy atom. The molecule has 4 nitrogen and oxygen atoms in total. The molecule has 0 radical (unpaired) electrons. The van der Waals surface area contributed by atoms with Crippen molar-refractivity contribution in [2.75, 3.05) is 19.6 Å². The smallest absolute Gasteiger partial charge is 0.239 e. The minimum Gasteiger partial charge on any atom is -0.374 e. The van der Waals surface area contributed by atoms with E-state index in [2.05, 4.69) is 10.2 Å². The summed E-state index contributed by atoms with van der Waals surface area (Å²) >= 11 is 0. The van der Waals surface area contributed by atoms with Crippen molar-refractivity contribution in [3.05, 3.63) is 0 Å². The van der Waals surface area contributed by atoms with Gasteiger partial charge in [-0.05, 0) is 32.2 Å². The number of nitrogens with one attached hydrogen (secondary N) is 1. The molecule has 0 aromatic rings. The van der Waals surface area contributed by atoms with Gasteiger partial charge in [-0.15, -0.1) is 12.4 Å². The number of rotatable bonds is 1. The summed E-state index contributed by atoms with van der Waals surface area (Å²) in [6.45, 7) is 2.90. The van der Waals surface area contributed by atoms with Crippen molar-refractivity contribution in [3.8, 4) is 0 Å². The van der Waals surface area contributed by atoms with E-state index < -0.39 is 0 Å². The first-order valence-electron chi connectivity index (χ1n) is 7.00. The Morgan fingerprint density at radius 1 is 1.11 bits per heavy atom. The van der Waals surface area contributed by atoms with Crippen LogP contribution in [-0.4, -0.2) is 48.7 Å². The van der Waals surface area contributed by atoms with Gasteiger partial charge in [0.05, 0.1) is 18.2 Å². The topological polar surface area (TPSA) is 41.6 Å². The molecule has 5 unspecified atom stereocenters. The Bertz CT molecular complexity index is 328. The summed E-state index contributed by atoms with van der Waals surface area (Å²) in [7, 11) is 0. The van der Waals surface area contributed by atoms with Crippen LogP contribution in [0.15, 0.2) is 0 Å². The Hall–Kier alpha value is -0.320. The quantitative estimate of drug-likeness (QED) is 0.768. The molecule has 0 aromatic heterocycles. The lowest BCUT2D eigenvalue weighted by Gasteiger charge is -2.22. The molecule has 1 amide bonds. The van der Waals surface area contributed by atoms with E-state index in [-0.39, 0.29) is 18.4 Å². The van der Waals surface area contributed by atoms with Crippen molar-refractivity contribution in [3.63, 3.8) is 0 Å². The van der Waals surface area contributed by atoms with E-state index in [1.807, 2.05) is 0 Å². The molecule has 0 saturated carbocycles. The molecule has 0 aromatic carbocycles. The molecular weight excluding hydrogens is 252 g/mol. The third kappa shape index (κ3) is 1.77. The fraction of sp³-hybridized carbons (Fsp3) is 0.923. The van der Waals surface area contributed by atoms with Crippen LogP contribution >= 0.6 is 12.4 Å². The summed E-state index contributed by atoms with van der Waals surface area (Å²) in [5.74, 6) is 1.62. The molecule has 4 fully saturated rings. The van der Waals surface area contributed by atoms with Gasteiger partial charge in [-0.1, -0.05) is 0 Å². The molecule has 4 saturated heterocycles. The molecule has 0 aliphatic carbocycles. The molecule has 4 rings (SSSR count). The number of hydrogen-bond acceptors (Lipinski definition) is 3. The van der Waals surface area contributed by atoms with Gasteiger partial charge in [0.1, 0.15) is 0 Å². The second-order valence-electron chi connectivity index (χ2n) is 6.01. The van der Waals surface area contributed by atoms with E-state index in [4.69, 9.17) is 4.74 Å². The molecule has 0 spiro atoms. The second-order valence-corrected chi connectivity index (χ2v) is 6.01. The fourth-order valence-electron chi connectivity index (χ4n) is 4.26. The monoisotopic (exact) mass is 272 g/mol. The predicted octanol–water partition coefficient (Wildman–Crippen LogP) is 0.796. The van der Waals surface area contributed by atoms with Gasteiger partial charge in [-0.25, -0.2) is 0 Å². The lowest BCUT2D eigenvalue weighted by Crippen LogP contribution is -2.43. The Balaban J connectivity index is 0.000001000. The van der Waals surface area contributed by atoms with Crippen LogP contribution in [0.3, 0.4) is 0 Å². The van der Waals surface area contributed by atoms with E-state index in [1.165, 1.54) is 12.8 Å². The van der Waals surface area contributed by atoms with Crippen LogP contribution in [0.2, 0.25) is 0 Å². The number of fused-ring (bicyclic) bond motifs is 5. The highest BCUT2D eigenvalue weighted by atomic mass is 35.5. The zero-order valence-corrected chi connectivity index (χ0v) is 11.3. The number of amides is 1. The Morgan fingerprint density at radius 3 is 2.33 bits per heavy atom. The van der Waals surface area contributed by atoms with Crippen LogP contribution in [0, 0.1) is 11.8 Å². The van der Waals surface area contributed by atoms with E-state index in [0.717, 1.165) is 32.5 Å². The number of nitrogens with zero attached hydrogens (tertiary/aromatic N) is 1. The van der Waals surface area contributed by atoms with E-state index in [9.17, 15) is 4.79 Å². The molecule has 2 bridgehead atoms. The summed E-state index contributed by atoms with van der Waals surface area (Å²) in [4.78, 5) is 14.4. The third-order valence-electron chi connectivity index (χ3n) is 5.12. The van der Waals surface area contributed by atoms with Crippen molar-refractivity contribution in [2.24, 2.45) is 11.8 Å². The number of carbonyl (C=O) groups excluding carboxylic acids is 1. The largest absolute Gasteiger partial charge is 0.374 e. The molecule has 4 heterocycles. The van der Waals surface area contributed by atoms with Gasteiger partial charge in [0.15, 0.2) is 0 Å². The summed E-state index contributed by atoms with van der Waals surface area (Å²) in [6.07, 6.45) is 5.52. The standard InChI is InChI=1S/C13H20N2O2.ClH/c16-13(10-2-1-5-14-10)15-6-8-9(7-15)12-4-3-11(8)17-12;/h8-12,14H,1-7H2;1H. The van der Waals surface area contributed by atoms with Crippen LogP contribution in [0.4, 0.5) is 0 Å². The molecular formula is C13H21ClN2O2. The van der Waals surface area contributed by atoms with Gasteiger partial charge in [0, 0.05) is 24.9 Å². The zero-order chi connectivity index (χ0) is 11.4. The fourth-order valence-corrected chi connectivity index (χ4v) is 4.26. The summed E-state index contributed by atoms with van der Waals surface area (Å²) in [6, 6.07) is 0.104. The highest BCUT2D eigenvalue weighted by Crippen LogP contribution is 2.47. The van der Waals surface area contributed by atoms with E-state index >= 15 is 0 Å². The maximum absolute atomic E-state index is 12.3. The molecule has 4 aliphatic rings. The summed E-state index contributed by atoms with van der Waals surface area (Å²) in [5, 5.41) is 3.31. The van der Waals surface area contributed by atoms with Gasteiger partial charge in [0.2, 0.25) is 5.91 Å². The van der Waals surface area contributed by atoms with Crippen molar-refractivity contribution >= 4 is 18.3 Å². The molecule has 1 N–H and O–H groups in total. The first kappa shape index (κ1) is 12.7. The van der Waals surface area contributed by atoms with Crippen molar-refractivity contribution in [1.82, 2.24) is 10.2 Å². The first-order valence-corrected chi connectivity index (χ1v) is 7.00. The van der Waals surface area contributed by atoms with Crippen molar-refractivity contribution in [1.29, 1.82) is 0 Å². The van der Waals surface area contributed by atoms with Gasteiger partial charge in [0.25, 0.3) is 0 Å². The number of ether oxygens (including phenoxy) is 1. The van der Waals surface area contributed by atoms with Gasteiger partial charge in [-0.2, -0.15) is 0 Å². The van der Waals surface area contributed by atoms with Gasteiger partial charge in [-0.3, -0.25) is 4.79 Å². The highest BCUT2D eigenvalue weighted by Gasteiger charge is 2.54. The minimum absolute atomic E-state index is 0. The zero-order valence-electron chi connectivity index (χ0n) is 10.5. The normalized spacial score (nSPS) is 45.1. The van der Waals surface area contributed by atoms with Crippen LogP contribution in [0.5, 0.6) is 0 Å². The molecule has 102 valence electrons. The molecule has 5 heteroatoms. The SMILES string of the molecule is Cl.O=C(C1CCCN1)N1CC2C3CCC(O3)C2C1. The Labute approximate surface area is 114 Å². The van der Waals surface area contributed by atoms with E-state index in [1.54, 1.807) is 0 Å². The predicted molar refractivity (Wildman–Crippen MR) is 69.7 cm³/mol. The van der Waals surface area contributed by atoms with E-state index in [0.29, 0.717) is 30.0 Å². The number of halogens is 1.